The van der Waals surface area contributed by atoms with Crippen molar-refractivity contribution in [1.29, 1.82) is 0 Å². The largest absolute Gasteiger partial charge is 0.357 e. The van der Waals surface area contributed by atoms with Gasteiger partial charge in [-0.3, -0.25) is 9.20 Å². The summed E-state index contributed by atoms with van der Waals surface area (Å²) < 4.78 is 12.0. The predicted octanol–water partition coefficient (Wildman–Crippen LogP) is 1.60. The standard InChI is InChI=1S/C14H19N3OS.HI/c1-3-10-16-14(15-4-2)17-11-12-19(18)13-8-6-5-7-9-13;/h1,5-9H,4,10-12H2,2H3,(H2,15,16,17);1H. The Hall–Kier alpha value is -1.07. The van der Waals surface area contributed by atoms with Crippen LogP contribution in [0, 0.1) is 12.3 Å². The third kappa shape index (κ3) is 7.50. The fourth-order valence-corrected chi connectivity index (χ4v) is 2.36. The fourth-order valence-electron chi connectivity index (χ4n) is 1.41. The lowest BCUT2D eigenvalue weighted by molar-refractivity contribution is 0.682. The second-order valence-corrected chi connectivity index (χ2v) is 5.25. The quantitative estimate of drug-likeness (QED) is 0.327. The molecule has 1 aromatic rings. The Kier molecular flexibility index (Phi) is 11.1. The van der Waals surface area contributed by atoms with E-state index in [1.54, 1.807) is 0 Å². The van der Waals surface area contributed by atoms with Gasteiger partial charge in [0, 0.05) is 17.2 Å². The molecule has 2 N–H and O–H groups in total. The molecule has 0 bridgehead atoms. The number of halogens is 1. The number of nitrogens with zero attached hydrogens (tertiary/aromatic N) is 1. The molecule has 0 aliphatic heterocycles. The Labute approximate surface area is 140 Å². The van der Waals surface area contributed by atoms with Crippen molar-refractivity contribution in [2.24, 2.45) is 4.99 Å². The van der Waals surface area contributed by atoms with E-state index < -0.39 is 10.8 Å². The third-order valence-electron chi connectivity index (χ3n) is 2.25. The van der Waals surface area contributed by atoms with Gasteiger partial charge < -0.3 is 10.6 Å². The van der Waals surface area contributed by atoms with Crippen LogP contribution in [-0.4, -0.2) is 35.6 Å². The van der Waals surface area contributed by atoms with Gasteiger partial charge in [-0.2, -0.15) is 0 Å². The van der Waals surface area contributed by atoms with Crippen molar-refractivity contribution in [3.8, 4) is 12.3 Å². The molecule has 0 radical (unpaired) electrons. The summed E-state index contributed by atoms with van der Waals surface area (Å²) in [6, 6.07) is 9.40. The number of guanidine groups is 1. The van der Waals surface area contributed by atoms with Gasteiger partial charge in [-0.25, -0.2) is 0 Å². The summed E-state index contributed by atoms with van der Waals surface area (Å²) >= 11 is 0. The van der Waals surface area contributed by atoms with Crippen molar-refractivity contribution < 1.29 is 4.21 Å². The van der Waals surface area contributed by atoms with Crippen LogP contribution in [0.5, 0.6) is 0 Å². The number of hydrogen-bond donors (Lipinski definition) is 2. The molecule has 6 heteroatoms. The first kappa shape index (κ1) is 18.9. The Balaban J connectivity index is 0.00000361. The number of aliphatic imine (C=N–C) groups is 1. The molecule has 4 nitrogen and oxygen atoms in total. The molecular weight excluding hydrogens is 385 g/mol. The van der Waals surface area contributed by atoms with Crippen LogP contribution in [0.15, 0.2) is 40.2 Å². The van der Waals surface area contributed by atoms with E-state index in [4.69, 9.17) is 6.42 Å². The Bertz CT molecular complexity index is 471. The monoisotopic (exact) mass is 405 g/mol. The highest BCUT2D eigenvalue weighted by atomic mass is 127. The van der Waals surface area contributed by atoms with Gasteiger partial charge in [0.25, 0.3) is 0 Å². The van der Waals surface area contributed by atoms with Crippen LogP contribution in [0.1, 0.15) is 6.92 Å². The molecule has 1 rings (SSSR count). The molecule has 1 atom stereocenters. The molecule has 0 saturated carbocycles. The highest BCUT2D eigenvalue weighted by Crippen LogP contribution is 2.04. The minimum Gasteiger partial charge on any atom is -0.357 e. The molecule has 1 aromatic carbocycles. The second kappa shape index (κ2) is 11.7. The van der Waals surface area contributed by atoms with Crippen molar-refractivity contribution in [3.05, 3.63) is 30.3 Å². The van der Waals surface area contributed by atoms with Crippen molar-refractivity contribution >= 4 is 40.7 Å². The highest BCUT2D eigenvalue weighted by Gasteiger charge is 2.02. The SMILES string of the molecule is C#CCNC(=NCCS(=O)c1ccccc1)NCC.I. The molecule has 110 valence electrons. The number of hydrogen-bond acceptors (Lipinski definition) is 2. The van der Waals surface area contributed by atoms with E-state index in [0.29, 0.717) is 24.8 Å². The van der Waals surface area contributed by atoms with Crippen LogP contribution in [0.3, 0.4) is 0 Å². The van der Waals surface area contributed by atoms with E-state index in [9.17, 15) is 4.21 Å². The summed E-state index contributed by atoms with van der Waals surface area (Å²) in [4.78, 5) is 5.15. The number of benzene rings is 1. The number of rotatable bonds is 6. The van der Waals surface area contributed by atoms with Gasteiger partial charge in [0.2, 0.25) is 0 Å². The summed E-state index contributed by atoms with van der Waals surface area (Å²) in [6.45, 7) is 3.66. The summed E-state index contributed by atoms with van der Waals surface area (Å²) in [7, 11) is -1.01. The Morgan fingerprint density at radius 1 is 1.35 bits per heavy atom. The molecule has 0 aromatic heterocycles. The lowest BCUT2D eigenvalue weighted by Gasteiger charge is -2.08. The van der Waals surface area contributed by atoms with Gasteiger partial charge in [-0.15, -0.1) is 30.4 Å². The topological polar surface area (TPSA) is 53.5 Å². The maximum Gasteiger partial charge on any atom is 0.192 e. The molecule has 0 heterocycles. The zero-order chi connectivity index (χ0) is 13.9. The number of terminal acetylenes is 1. The first-order chi connectivity index (χ1) is 9.27. The normalized spacial score (nSPS) is 11.9. The lowest BCUT2D eigenvalue weighted by Crippen LogP contribution is -2.37. The maximum absolute atomic E-state index is 12.0. The maximum atomic E-state index is 12.0. The molecular formula is C14H20IN3OS. The molecule has 1 unspecified atom stereocenters. The first-order valence-electron chi connectivity index (χ1n) is 6.17. The zero-order valence-corrected chi connectivity index (χ0v) is 14.6. The van der Waals surface area contributed by atoms with Crippen LogP contribution in [0.25, 0.3) is 0 Å². The van der Waals surface area contributed by atoms with Gasteiger partial charge in [-0.1, -0.05) is 24.1 Å². The molecule has 20 heavy (non-hydrogen) atoms. The van der Waals surface area contributed by atoms with Crippen molar-refractivity contribution in [2.75, 3.05) is 25.4 Å². The molecule has 0 saturated heterocycles. The van der Waals surface area contributed by atoms with Crippen LogP contribution in [0.4, 0.5) is 0 Å². The average molecular weight is 405 g/mol. The van der Waals surface area contributed by atoms with Gasteiger partial charge in [0.1, 0.15) is 0 Å². The summed E-state index contributed by atoms with van der Waals surface area (Å²) in [6.07, 6.45) is 5.18. The van der Waals surface area contributed by atoms with Crippen molar-refractivity contribution in [1.82, 2.24) is 10.6 Å². The van der Waals surface area contributed by atoms with Gasteiger partial charge >= 0.3 is 0 Å². The highest BCUT2D eigenvalue weighted by molar-refractivity contribution is 14.0. The molecule has 0 aliphatic rings. The minimum atomic E-state index is -1.01. The van der Waals surface area contributed by atoms with E-state index in [0.717, 1.165) is 11.4 Å². The zero-order valence-electron chi connectivity index (χ0n) is 11.5. The fraction of sp³-hybridized carbons (Fsp3) is 0.357. The smallest absolute Gasteiger partial charge is 0.192 e. The average Bonchev–Trinajstić information content (AvgIpc) is 2.45. The Morgan fingerprint density at radius 2 is 2.05 bits per heavy atom. The van der Waals surface area contributed by atoms with E-state index in [1.807, 2.05) is 37.3 Å². The van der Waals surface area contributed by atoms with Gasteiger partial charge in [-0.05, 0) is 19.1 Å². The van der Waals surface area contributed by atoms with Crippen LogP contribution < -0.4 is 10.6 Å². The summed E-state index contributed by atoms with van der Waals surface area (Å²) in [5, 5.41) is 6.06. The van der Waals surface area contributed by atoms with E-state index in [1.165, 1.54) is 0 Å². The predicted molar refractivity (Wildman–Crippen MR) is 95.9 cm³/mol. The van der Waals surface area contributed by atoms with Gasteiger partial charge in [0.15, 0.2) is 5.96 Å². The van der Waals surface area contributed by atoms with Gasteiger partial charge in [0.05, 0.1) is 23.9 Å². The molecule has 0 amide bonds. The summed E-state index contributed by atoms with van der Waals surface area (Å²) in [5.41, 5.74) is 0. The van der Waals surface area contributed by atoms with Crippen LogP contribution in [0.2, 0.25) is 0 Å². The number of nitrogens with one attached hydrogen (secondary N) is 2. The van der Waals surface area contributed by atoms with Crippen molar-refractivity contribution in [3.63, 3.8) is 0 Å². The van der Waals surface area contributed by atoms with E-state index in [-0.39, 0.29) is 24.0 Å². The lowest BCUT2D eigenvalue weighted by atomic mass is 10.4. The molecule has 0 fully saturated rings. The molecule has 0 spiro atoms. The minimum absolute atomic E-state index is 0. The van der Waals surface area contributed by atoms with E-state index in [2.05, 4.69) is 21.5 Å². The third-order valence-corrected chi connectivity index (χ3v) is 3.61. The second-order valence-electron chi connectivity index (χ2n) is 3.68. The van der Waals surface area contributed by atoms with Crippen LogP contribution in [-0.2, 0) is 10.8 Å². The van der Waals surface area contributed by atoms with Crippen molar-refractivity contribution in [2.45, 2.75) is 11.8 Å². The van der Waals surface area contributed by atoms with Crippen LogP contribution >= 0.6 is 24.0 Å². The molecule has 0 aliphatic carbocycles. The first-order valence-corrected chi connectivity index (χ1v) is 7.49. The van der Waals surface area contributed by atoms with E-state index >= 15 is 0 Å². The summed E-state index contributed by atoms with van der Waals surface area (Å²) in [5.74, 6) is 3.64. The Morgan fingerprint density at radius 3 is 2.65 bits per heavy atom.